The van der Waals surface area contributed by atoms with Crippen molar-refractivity contribution in [1.82, 2.24) is 25.1 Å². The van der Waals surface area contributed by atoms with Gasteiger partial charge in [0, 0.05) is 17.9 Å². The summed E-state index contributed by atoms with van der Waals surface area (Å²) >= 11 is 0. The summed E-state index contributed by atoms with van der Waals surface area (Å²) in [4.78, 5) is 20.0. The van der Waals surface area contributed by atoms with Gasteiger partial charge in [0.05, 0.1) is 5.39 Å². The molecule has 0 atom stereocenters. The summed E-state index contributed by atoms with van der Waals surface area (Å²) in [7, 11) is 2.16. The third kappa shape index (κ3) is 5.28. The minimum absolute atomic E-state index is 0.471. The van der Waals surface area contributed by atoms with E-state index in [2.05, 4.69) is 37.4 Å². The van der Waals surface area contributed by atoms with Crippen molar-refractivity contribution in [3.63, 3.8) is 0 Å². The zero-order chi connectivity index (χ0) is 18.6. The van der Waals surface area contributed by atoms with Crippen LogP contribution in [-0.4, -0.2) is 68.5 Å². The zero-order valence-electron chi connectivity index (χ0n) is 13.8. The second-order valence-electron chi connectivity index (χ2n) is 5.80. The molecular weight excluding hydrogens is 341 g/mol. The van der Waals surface area contributed by atoms with E-state index in [-0.39, 0.29) is 0 Å². The van der Waals surface area contributed by atoms with Gasteiger partial charge >= 0.3 is 12.1 Å². The van der Waals surface area contributed by atoms with Gasteiger partial charge in [-0.3, -0.25) is 5.10 Å². The van der Waals surface area contributed by atoms with Gasteiger partial charge in [-0.05, 0) is 39.9 Å². The molecule has 3 heterocycles. The van der Waals surface area contributed by atoms with Crippen LogP contribution in [0.3, 0.4) is 0 Å². The first-order valence-corrected chi connectivity index (χ1v) is 7.59. The molecule has 0 amide bonds. The number of aromatic nitrogens is 4. The molecule has 0 unspecified atom stereocenters. The Hall–Kier alpha value is -2.43. The molecule has 0 aromatic carbocycles. The van der Waals surface area contributed by atoms with Crippen molar-refractivity contribution in [3.8, 4) is 0 Å². The average Bonchev–Trinajstić information content (AvgIpc) is 2.90. The Bertz CT molecular complexity index is 725. The number of rotatable bonds is 2. The monoisotopic (exact) mass is 360 g/mol. The normalized spacial score (nSPS) is 16.4. The molecule has 1 fully saturated rings. The molecule has 0 bridgehead atoms. The Morgan fingerprint density at radius 1 is 1.40 bits per heavy atom. The van der Waals surface area contributed by atoms with Gasteiger partial charge < -0.3 is 15.3 Å². The van der Waals surface area contributed by atoms with E-state index in [9.17, 15) is 13.2 Å². The van der Waals surface area contributed by atoms with Crippen LogP contribution in [0.2, 0.25) is 0 Å². The van der Waals surface area contributed by atoms with Crippen molar-refractivity contribution in [3.05, 3.63) is 11.9 Å². The summed E-state index contributed by atoms with van der Waals surface area (Å²) in [5, 5.41) is 18.6. The number of carbonyl (C=O) groups is 1. The van der Waals surface area contributed by atoms with Crippen molar-refractivity contribution in [1.29, 1.82) is 0 Å². The average molecular weight is 360 g/mol. The molecule has 3 N–H and O–H groups in total. The number of alkyl halides is 3. The maximum Gasteiger partial charge on any atom is 0.490 e. The van der Waals surface area contributed by atoms with Gasteiger partial charge in [0.15, 0.2) is 5.65 Å². The Balaban J connectivity index is 0.000000277. The number of nitrogens with zero attached hydrogens (tertiary/aromatic N) is 4. The summed E-state index contributed by atoms with van der Waals surface area (Å²) < 4.78 is 31.7. The molecule has 2 aromatic heterocycles. The number of carboxylic acid groups (broad SMARTS) is 1. The third-order valence-electron chi connectivity index (χ3n) is 3.80. The highest BCUT2D eigenvalue weighted by Gasteiger charge is 2.38. The van der Waals surface area contributed by atoms with Crippen molar-refractivity contribution >= 4 is 23.0 Å². The number of carboxylic acids is 1. The Morgan fingerprint density at radius 3 is 2.56 bits per heavy atom. The van der Waals surface area contributed by atoms with E-state index >= 15 is 0 Å². The first-order chi connectivity index (χ1) is 11.7. The Labute approximate surface area is 141 Å². The molecule has 0 radical (unpaired) electrons. The number of H-pyrrole nitrogens is 1. The smallest absolute Gasteiger partial charge is 0.475 e. The van der Waals surface area contributed by atoms with Gasteiger partial charge in [-0.15, -0.1) is 0 Å². The highest BCUT2D eigenvalue weighted by molar-refractivity contribution is 5.77. The number of hydrogen-bond acceptors (Lipinski definition) is 6. The lowest BCUT2D eigenvalue weighted by Crippen LogP contribution is -2.37. The fourth-order valence-electron chi connectivity index (χ4n) is 2.32. The van der Waals surface area contributed by atoms with Crippen LogP contribution in [0, 0.1) is 6.92 Å². The van der Waals surface area contributed by atoms with E-state index in [1.54, 1.807) is 0 Å². The van der Waals surface area contributed by atoms with E-state index in [1.165, 1.54) is 0 Å². The van der Waals surface area contributed by atoms with Crippen LogP contribution in [0.4, 0.5) is 19.1 Å². The van der Waals surface area contributed by atoms with Gasteiger partial charge in [0.1, 0.15) is 0 Å². The number of fused-ring (bicyclic) bond motifs is 1. The molecule has 8 nitrogen and oxygen atoms in total. The lowest BCUT2D eigenvalue weighted by Gasteiger charge is -2.29. The van der Waals surface area contributed by atoms with Crippen molar-refractivity contribution in [2.75, 3.05) is 25.5 Å². The molecule has 0 spiro atoms. The molecule has 138 valence electrons. The minimum atomic E-state index is -5.08. The quantitative estimate of drug-likeness (QED) is 0.750. The number of aliphatic carboxylic acids is 1. The van der Waals surface area contributed by atoms with Crippen LogP contribution in [0.25, 0.3) is 11.0 Å². The van der Waals surface area contributed by atoms with Crippen LogP contribution in [0.5, 0.6) is 0 Å². The molecule has 1 aliphatic heterocycles. The first kappa shape index (κ1) is 18.9. The highest BCUT2D eigenvalue weighted by Crippen LogP contribution is 2.16. The van der Waals surface area contributed by atoms with E-state index in [1.807, 2.05) is 13.1 Å². The second-order valence-corrected chi connectivity index (χ2v) is 5.80. The fraction of sp³-hybridized carbons (Fsp3) is 0.571. The summed E-state index contributed by atoms with van der Waals surface area (Å²) in [6.45, 7) is 4.23. The van der Waals surface area contributed by atoms with Crippen LogP contribution in [-0.2, 0) is 4.79 Å². The first-order valence-electron chi connectivity index (χ1n) is 7.59. The van der Waals surface area contributed by atoms with Gasteiger partial charge in [-0.1, -0.05) is 0 Å². The SMILES string of the molecule is Cc1[nH]nc2nc(NC3CCN(C)CC3)ncc12.O=C(O)C(F)(F)F. The standard InChI is InChI=1S/C12H18N6.C2HF3O2/c1-8-10-7-13-12(15-11(10)17-16-8)14-9-3-5-18(2)6-4-9;3-2(4,5)1(6)7/h7,9H,3-6H2,1-2H3,(H2,13,14,15,16,17);(H,6,7). The van der Waals surface area contributed by atoms with Crippen LogP contribution in [0.1, 0.15) is 18.5 Å². The van der Waals surface area contributed by atoms with Crippen molar-refractivity contribution < 1.29 is 23.1 Å². The largest absolute Gasteiger partial charge is 0.490 e. The molecule has 0 aliphatic carbocycles. The van der Waals surface area contributed by atoms with E-state index in [4.69, 9.17) is 9.90 Å². The van der Waals surface area contributed by atoms with Crippen LogP contribution < -0.4 is 5.32 Å². The van der Waals surface area contributed by atoms with Crippen molar-refractivity contribution in [2.24, 2.45) is 0 Å². The molecule has 2 aromatic rings. The number of aryl methyl sites for hydroxylation is 1. The fourth-order valence-corrected chi connectivity index (χ4v) is 2.32. The van der Waals surface area contributed by atoms with Gasteiger partial charge in [-0.2, -0.15) is 23.3 Å². The number of likely N-dealkylation sites (tertiary alicyclic amines) is 1. The Kier molecular flexibility index (Phi) is 5.77. The maximum absolute atomic E-state index is 10.6. The summed E-state index contributed by atoms with van der Waals surface area (Å²) in [5.41, 5.74) is 1.74. The predicted octanol–water partition coefficient (Wildman–Crippen LogP) is 1.80. The number of hydrogen-bond donors (Lipinski definition) is 3. The van der Waals surface area contributed by atoms with E-state index < -0.39 is 12.1 Å². The molecular formula is C14H19F3N6O2. The number of anilines is 1. The van der Waals surface area contributed by atoms with Crippen LogP contribution in [0.15, 0.2) is 6.20 Å². The van der Waals surface area contributed by atoms with Crippen molar-refractivity contribution in [2.45, 2.75) is 32.0 Å². The highest BCUT2D eigenvalue weighted by atomic mass is 19.4. The zero-order valence-corrected chi connectivity index (χ0v) is 13.8. The number of piperidine rings is 1. The maximum atomic E-state index is 10.6. The lowest BCUT2D eigenvalue weighted by atomic mass is 10.1. The molecule has 1 saturated heterocycles. The summed E-state index contributed by atoms with van der Waals surface area (Å²) in [6.07, 6.45) is -0.979. The lowest BCUT2D eigenvalue weighted by molar-refractivity contribution is -0.192. The molecule has 3 rings (SSSR count). The van der Waals surface area contributed by atoms with Gasteiger partial charge in [0.25, 0.3) is 0 Å². The minimum Gasteiger partial charge on any atom is -0.475 e. The molecule has 25 heavy (non-hydrogen) atoms. The van der Waals surface area contributed by atoms with Crippen LogP contribution >= 0.6 is 0 Å². The number of nitrogens with one attached hydrogen (secondary N) is 2. The summed E-state index contributed by atoms with van der Waals surface area (Å²) in [5.74, 6) is -2.07. The van der Waals surface area contributed by atoms with Gasteiger partial charge in [0.2, 0.25) is 5.95 Å². The van der Waals surface area contributed by atoms with Gasteiger partial charge in [-0.25, -0.2) is 9.78 Å². The van der Waals surface area contributed by atoms with E-state index in [0.717, 1.165) is 42.7 Å². The van der Waals surface area contributed by atoms with E-state index in [0.29, 0.717) is 12.0 Å². The molecule has 0 saturated carbocycles. The molecule has 1 aliphatic rings. The topological polar surface area (TPSA) is 107 Å². The summed E-state index contributed by atoms with van der Waals surface area (Å²) in [6, 6.07) is 0.471. The second kappa shape index (κ2) is 7.64. The Morgan fingerprint density at radius 2 is 2.00 bits per heavy atom. The predicted molar refractivity (Wildman–Crippen MR) is 84.3 cm³/mol. The number of aromatic amines is 1. The molecule has 11 heteroatoms. The number of halogens is 3. The third-order valence-corrected chi connectivity index (χ3v) is 3.80.